The number of hydrogen-bond acceptors (Lipinski definition) is 4. The second kappa shape index (κ2) is 10.7. The third kappa shape index (κ3) is 9.03. The highest BCUT2D eigenvalue weighted by molar-refractivity contribution is 7.91. The molecule has 8 heteroatoms. The molecule has 0 radical (unpaired) electrons. The van der Waals surface area contributed by atoms with Gasteiger partial charge >= 0.3 is 0 Å². The molecule has 28 heavy (non-hydrogen) atoms. The van der Waals surface area contributed by atoms with Gasteiger partial charge in [-0.1, -0.05) is 24.3 Å². The fraction of sp³-hybridized carbons (Fsp3) is 0.700. The smallest absolute Gasteiger partial charge is 0.212 e. The van der Waals surface area contributed by atoms with Gasteiger partial charge in [0.05, 0.1) is 9.49 Å². The highest BCUT2D eigenvalue weighted by Gasteiger charge is 2.32. The Kier molecular flexibility index (Phi) is 10.3. The molecule has 0 heterocycles. The lowest BCUT2D eigenvalue weighted by Gasteiger charge is -2.25. The molecule has 0 spiro atoms. The van der Waals surface area contributed by atoms with Gasteiger partial charge in [-0.25, -0.2) is 26.3 Å². The van der Waals surface area contributed by atoms with Gasteiger partial charge in [-0.2, -0.15) is 0 Å². The molecule has 0 aliphatic rings. The minimum absolute atomic E-state index is 0.451. The van der Waals surface area contributed by atoms with Gasteiger partial charge in [0, 0.05) is 12.1 Å². The van der Waals surface area contributed by atoms with Crippen LogP contribution in [0.15, 0.2) is 37.5 Å². The number of rotatable bonds is 12. The van der Waals surface area contributed by atoms with Crippen molar-refractivity contribution in [3.63, 3.8) is 0 Å². The first-order valence-electron chi connectivity index (χ1n) is 9.51. The van der Waals surface area contributed by atoms with Gasteiger partial charge in [0.1, 0.15) is 0 Å². The molecule has 0 saturated carbocycles. The lowest BCUT2D eigenvalue weighted by atomic mass is 10.1. The monoisotopic (exact) mass is 434 g/mol. The minimum atomic E-state index is -3.54. The molecule has 0 aromatic heterocycles. The highest BCUT2D eigenvalue weighted by Crippen LogP contribution is 2.17. The largest absolute Gasteiger partial charge is 0.217 e. The first-order valence-corrected chi connectivity index (χ1v) is 12.5. The van der Waals surface area contributed by atoms with Gasteiger partial charge in [-0.15, -0.1) is 13.2 Å². The average molecular weight is 435 g/mol. The molecule has 164 valence electrons. The van der Waals surface area contributed by atoms with Crippen LogP contribution in [0.1, 0.15) is 67.2 Å². The van der Waals surface area contributed by atoms with E-state index in [1.165, 1.54) is 0 Å². The Labute approximate surface area is 172 Å². The highest BCUT2D eigenvalue weighted by atomic mass is 32.2. The molecule has 0 aromatic carbocycles. The Morgan fingerprint density at radius 3 is 1.21 bits per heavy atom. The molecule has 0 aliphatic heterocycles. The van der Waals surface area contributed by atoms with E-state index < -0.39 is 41.6 Å². The number of hydrogen-bond donors (Lipinski definition) is 2. The second-order valence-corrected chi connectivity index (χ2v) is 13.7. The maximum Gasteiger partial charge on any atom is 0.217 e. The summed E-state index contributed by atoms with van der Waals surface area (Å²) in [6, 6.07) is -0.903. The number of sulfonamides is 2. The lowest BCUT2D eigenvalue weighted by Crippen LogP contribution is -2.45. The fourth-order valence-electron chi connectivity index (χ4n) is 2.00. The van der Waals surface area contributed by atoms with Crippen LogP contribution in [-0.4, -0.2) is 38.4 Å². The molecule has 0 rings (SSSR count). The van der Waals surface area contributed by atoms with Crippen LogP contribution < -0.4 is 9.44 Å². The standard InChI is InChI=1S/C20H38N2O4S2/c1-9-11-13-17(21-27(23,24)19(3,4)5)15-16-18(14-12-10-2)22-28(25,26)20(6,7)8/h9-10,15-18,21-22H,1-2,11-14H2,3-8H3/b16-15+/t17-,18-/m1/s1. The summed E-state index contributed by atoms with van der Waals surface area (Å²) >= 11 is 0. The van der Waals surface area contributed by atoms with E-state index in [9.17, 15) is 16.8 Å². The van der Waals surface area contributed by atoms with Crippen molar-refractivity contribution in [1.29, 1.82) is 0 Å². The lowest BCUT2D eigenvalue weighted by molar-refractivity contribution is 0.524. The third-order valence-corrected chi connectivity index (χ3v) is 8.62. The van der Waals surface area contributed by atoms with E-state index in [1.54, 1.807) is 65.8 Å². The molecule has 0 amide bonds. The Bertz CT molecular complexity index is 676. The van der Waals surface area contributed by atoms with Crippen molar-refractivity contribution in [2.45, 2.75) is 88.8 Å². The third-order valence-electron chi connectivity index (χ3n) is 4.16. The zero-order valence-electron chi connectivity index (χ0n) is 18.2. The van der Waals surface area contributed by atoms with Crippen molar-refractivity contribution in [3.05, 3.63) is 37.5 Å². The zero-order valence-corrected chi connectivity index (χ0v) is 19.8. The number of nitrogens with one attached hydrogen (secondary N) is 2. The topological polar surface area (TPSA) is 92.3 Å². The summed E-state index contributed by atoms with van der Waals surface area (Å²) in [4.78, 5) is 0. The van der Waals surface area contributed by atoms with Crippen LogP contribution in [0.25, 0.3) is 0 Å². The van der Waals surface area contributed by atoms with Crippen molar-refractivity contribution >= 4 is 20.0 Å². The molecule has 0 unspecified atom stereocenters. The molecule has 6 nitrogen and oxygen atoms in total. The van der Waals surface area contributed by atoms with Crippen LogP contribution in [-0.2, 0) is 20.0 Å². The van der Waals surface area contributed by atoms with Gasteiger partial charge in [0.2, 0.25) is 20.0 Å². The summed E-state index contributed by atoms with van der Waals surface area (Å²) in [7, 11) is -7.08. The predicted molar refractivity (Wildman–Crippen MR) is 119 cm³/mol. The van der Waals surface area contributed by atoms with E-state index >= 15 is 0 Å². The average Bonchev–Trinajstić information content (AvgIpc) is 2.52. The summed E-state index contributed by atoms with van der Waals surface area (Å²) in [5.74, 6) is 0. The van der Waals surface area contributed by atoms with Crippen LogP contribution in [0.2, 0.25) is 0 Å². The first kappa shape index (κ1) is 27.0. The van der Waals surface area contributed by atoms with Gasteiger partial charge in [0.25, 0.3) is 0 Å². The summed E-state index contributed by atoms with van der Waals surface area (Å²) in [5.41, 5.74) is 0. The molecular formula is C20H38N2O4S2. The van der Waals surface area contributed by atoms with E-state index in [4.69, 9.17) is 0 Å². The summed E-state index contributed by atoms with van der Waals surface area (Å²) in [5, 5.41) is 0. The molecule has 0 aromatic rings. The Morgan fingerprint density at radius 2 is 1.00 bits per heavy atom. The zero-order chi connectivity index (χ0) is 22.2. The van der Waals surface area contributed by atoms with Crippen LogP contribution in [0.3, 0.4) is 0 Å². The van der Waals surface area contributed by atoms with E-state index in [0.29, 0.717) is 25.7 Å². The Morgan fingerprint density at radius 1 is 0.714 bits per heavy atom. The number of allylic oxidation sites excluding steroid dienone is 2. The molecule has 0 saturated heterocycles. The summed E-state index contributed by atoms with van der Waals surface area (Å²) < 4.78 is 53.6. The Balaban J connectivity index is 5.59. The van der Waals surface area contributed by atoms with Gasteiger partial charge < -0.3 is 0 Å². The molecule has 0 fully saturated rings. The van der Waals surface area contributed by atoms with Crippen molar-refractivity contribution in [2.75, 3.05) is 0 Å². The molecular weight excluding hydrogens is 396 g/mol. The maximum atomic E-state index is 12.5. The first-order chi connectivity index (χ1) is 12.6. The van der Waals surface area contributed by atoms with Crippen LogP contribution in [0.5, 0.6) is 0 Å². The molecule has 2 N–H and O–H groups in total. The Hall–Kier alpha value is -0.960. The van der Waals surface area contributed by atoms with Gasteiger partial charge in [-0.05, 0) is 67.2 Å². The van der Waals surface area contributed by atoms with E-state index in [0.717, 1.165) is 0 Å². The maximum absolute atomic E-state index is 12.5. The quantitative estimate of drug-likeness (QED) is 0.459. The van der Waals surface area contributed by atoms with Crippen LogP contribution >= 0.6 is 0 Å². The summed E-state index contributed by atoms with van der Waals surface area (Å²) in [6.45, 7) is 17.2. The van der Waals surface area contributed by atoms with E-state index in [-0.39, 0.29) is 0 Å². The van der Waals surface area contributed by atoms with Crippen LogP contribution in [0, 0.1) is 0 Å². The van der Waals surface area contributed by atoms with Crippen molar-refractivity contribution in [1.82, 2.24) is 9.44 Å². The van der Waals surface area contributed by atoms with Gasteiger partial charge in [0.15, 0.2) is 0 Å². The fourth-order valence-corrected chi connectivity index (χ4v) is 3.90. The van der Waals surface area contributed by atoms with Crippen molar-refractivity contribution < 1.29 is 16.8 Å². The predicted octanol–water partition coefficient (Wildman–Crippen LogP) is 3.65. The normalized spacial score (nSPS) is 16.1. The SMILES string of the molecule is C=CCC[C@H](/C=C/[C@@H](CCC=C)NS(=O)(=O)C(C)(C)C)NS(=O)(=O)C(C)(C)C. The van der Waals surface area contributed by atoms with Crippen molar-refractivity contribution in [3.8, 4) is 0 Å². The van der Waals surface area contributed by atoms with Gasteiger partial charge in [-0.3, -0.25) is 0 Å². The van der Waals surface area contributed by atoms with Crippen LogP contribution in [0.4, 0.5) is 0 Å². The second-order valence-electron chi connectivity index (χ2n) is 8.80. The minimum Gasteiger partial charge on any atom is -0.212 e. The van der Waals surface area contributed by atoms with E-state index in [2.05, 4.69) is 22.6 Å². The molecule has 0 aliphatic carbocycles. The molecule has 0 bridgehead atoms. The van der Waals surface area contributed by atoms with Crippen molar-refractivity contribution in [2.24, 2.45) is 0 Å². The summed E-state index contributed by atoms with van der Waals surface area (Å²) in [6.07, 6.45) is 9.25. The van der Waals surface area contributed by atoms with E-state index in [1.807, 2.05) is 0 Å². The molecule has 2 atom stereocenters.